The van der Waals surface area contributed by atoms with E-state index in [1.165, 1.54) is 65.6 Å². The summed E-state index contributed by atoms with van der Waals surface area (Å²) in [5.74, 6) is 0. The van der Waals surface area contributed by atoms with Crippen molar-refractivity contribution in [1.29, 1.82) is 0 Å². The van der Waals surface area contributed by atoms with E-state index in [4.69, 9.17) is 0 Å². The molecule has 2 nitrogen and oxygen atoms in total. The average Bonchev–Trinajstić information content (AvgIpc) is 3.54. The lowest BCUT2D eigenvalue weighted by Gasteiger charge is -2.28. The van der Waals surface area contributed by atoms with Crippen LogP contribution < -0.4 is 4.90 Å². The van der Waals surface area contributed by atoms with E-state index in [9.17, 15) is 0 Å². The minimum atomic E-state index is 1.10. The van der Waals surface area contributed by atoms with E-state index in [1.807, 2.05) is 0 Å². The van der Waals surface area contributed by atoms with Crippen LogP contribution in [0.4, 0.5) is 17.1 Å². The largest absolute Gasteiger partial charge is 0.310 e. The van der Waals surface area contributed by atoms with Crippen molar-refractivity contribution in [3.8, 4) is 27.9 Å². The summed E-state index contributed by atoms with van der Waals surface area (Å²) in [5.41, 5.74) is 11.7. The molecule has 0 saturated heterocycles. The molecule has 0 fully saturated rings. The molecule has 0 unspecified atom stereocenters. The van der Waals surface area contributed by atoms with E-state index in [1.54, 1.807) is 0 Å². The molecule has 0 saturated carbocycles. The molecule has 0 bridgehead atoms. The Morgan fingerprint density at radius 3 is 1.40 bits per heavy atom. The van der Waals surface area contributed by atoms with Gasteiger partial charge in [0, 0.05) is 33.2 Å². The third kappa shape index (κ3) is 5.12. The molecule has 52 heavy (non-hydrogen) atoms. The number of nitrogens with zero attached hydrogens (tertiary/aromatic N) is 2. The maximum absolute atomic E-state index is 2.45. The second-order valence-electron chi connectivity index (χ2n) is 13.4. The van der Waals surface area contributed by atoms with E-state index >= 15 is 0 Å². The van der Waals surface area contributed by atoms with Crippen molar-refractivity contribution >= 4 is 60.4 Å². The smallest absolute Gasteiger partial charge is 0.0560 e. The Labute approximate surface area is 303 Å². The van der Waals surface area contributed by atoms with Crippen LogP contribution in [0.25, 0.3) is 71.3 Å². The van der Waals surface area contributed by atoms with Gasteiger partial charge in [-0.3, -0.25) is 0 Å². The van der Waals surface area contributed by atoms with Crippen molar-refractivity contribution in [3.05, 3.63) is 206 Å². The molecule has 0 radical (unpaired) electrons. The lowest BCUT2D eigenvalue weighted by Crippen LogP contribution is -2.11. The van der Waals surface area contributed by atoms with Crippen LogP contribution in [0.5, 0.6) is 0 Å². The molecule has 0 aliphatic rings. The van der Waals surface area contributed by atoms with Crippen LogP contribution in [0, 0.1) is 0 Å². The second kappa shape index (κ2) is 12.5. The summed E-state index contributed by atoms with van der Waals surface area (Å²) in [6.07, 6.45) is 0. The van der Waals surface area contributed by atoms with Crippen molar-refractivity contribution in [1.82, 2.24) is 4.57 Å². The molecular weight excluding hydrogens is 629 g/mol. The SMILES string of the molecule is c1ccc(-c2ccc(N(c3ccc(-c4ccccc4)cc3)c3cc(-n4c5ccccc5c5cc6ccccc6cc54)cc4ccccc34)cc2)cc1. The zero-order chi connectivity index (χ0) is 34.4. The van der Waals surface area contributed by atoms with Crippen molar-refractivity contribution in [2.24, 2.45) is 0 Å². The second-order valence-corrected chi connectivity index (χ2v) is 13.4. The van der Waals surface area contributed by atoms with Crippen LogP contribution >= 0.6 is 0 Å². The monoisotopic (exact) mass is 662 g/mol. The number of anilines is 3. The van der Waals surface area contributed by atoms with Gasteiger partial charge in [-0.2, -0.15) is 0 Å². The summed E-state index contributed by atoms with van der Waals surface area (Å²) in [6, 6.07) is 74.8. The van der Waals surface area contributed by atoms with Gasteiger partial charge in [-0.15, -0.1) is 0 Å². The molecular formula is C50H34N2. The van der Waals surface area contributed by atoms with E-state index in [-0.39, 0.29) is 0 Å². The molecule has 0 aliphatic heterocycles. The summed E-state index contributed by atoms with van der Waals surface area (Å²) in [7, 11) is 0. The Balaban J connectivity index is 1.22. The molecule has 9 aromatic carbocycles. The number of fused-ring (bicyclic) bond motifs is 5. The predicted molar refractivity (Wildman–Crippen MR) is 221 cm³/mol. The fourth-order valence-electron chi connectivity index (χ4n) is 7.82. The van der Waals surface area contributed by atoms with Gasteiger partial charge in [0.25, 0.3) is 0 Å². The maximum Gasteiger partial charge on any atom is 0.0560 e. The van der Waals surface area contributed by atoms with Crippen LogP contribution in [0.2, 0.25) is 0 Å². The molecule has 10 rings (SSSR count). The topological polar surface area (TPSA) is 8.17 Å². The fraction of sp³-hybridized carbons (Fsp3) is 0. The molecule has 1 heterocycles. The summed E-state index contributed by atoms with van der Waals surface area (Å²) in [6.45, 7) is 0. The van der Waals surface area contributed by atoms with E-state index in [2.05, 4.69) is 216 Å². The van der Waals surface area contributed by atoms with Crippen molar-refractivity contribution in [3.63, 3.8) is 0 Å². The lowest BCUT2D eigenvalue weighted by molar-refractivity contribution is 1.18. The molecule has 0 N–H and O–H groups in total. The number of rotatable bonds is 6. The van der Waals surface area contributed by atoms with Gasteiger partial charge in [-0.25, -0.2) is 0 Å². The fourth-order valence-corrected chi connectivity index (χ4v) is 7.82. The average molecular weight is 663 g/mol. The van der Waals surface area contributed by atoms with Crippen LogP contribution in [0.1, 0.15) is 0 Å². The zero-order valence-corrected chi connectivity index (χ0v) is 28.5. The molecule has 0 amide bonds. The van der Waals surface area contributed by atoms with E-state index in [0.717, 1.165) is 22.7 Å². The van der Waals surface area contributed by atoms with Gasteiger partial charge in [0.2, 0.25) is 0 Å². The molecule has 2 heteroatoms. The highest BCUT2D eigenvalue weighted by Gasteiger charge is 2.20. The van der Waals surface area contributed by atoms with Crippen LogP contribution in [0.15, 0.2) is 206 Å². The minimum Gasteiger partial charge on any atom is -0.310 e. The van der Waals surface area contributed by atoms with Gasteiger partial charge >= 0.3 is 0 Å². The minimum absolute atomic E-state index is 1.10. The van der Waals surface area contributed by atoms with E-state index < -0.39 is 0 Å². The van der Waals surface area contributed by atoms with Gasteiger partial charge in [0.15, 0.2) is 0 Å². The lowest BCUT2D eigenvalue weighted by atomic mass is 10.0. The van der Waals surface area contributed by atoms with Crippen LogP contribution in [-0.2, 0) is 0 Å². The molecule has 1 aromatic heterocycles. The molecule has 0 atom stereocenters. The van der Waals surface area contributed by atoms with Crippen LogP contribution in [-0.4, -0.2) is 4.57 Å². The van der Waals surface area contributed by atoms with Crippen LogP contribution in [0.3, 0.4) is 0 Å². The Kier molecular flexibility index (Phi) is 7.18. The molecule has 0 spiro atoms. The summed E-state index contributed by atoms with van der Waals surface area (Å²) in [4.78, 5) is 2.42. The molecule has 10 aromatic rings. The van der Waals surface area contributed by atoms with Gasteiger partial charge in [0.05, 0.1) is 16.7 Å². The highest BCUT2D eigenvalue weighted by molar-refractivity contribution is 6.14. The Hall–Kier alpha value is -6.90. The Morgan fingerprint density at radius 2 is 0.788 bits per heavy atom. The number of benzene rings is 9. The zero-order valence-electron chi connectivity index (χ0n) is 28.5. The first-order valence-electron chi connectivity index (χ1n) is 17.8. The van der Waals surface area contributed by atoms with Gasteiger partial charge in [-0.1, -0.05) is 152 Å². The summed E-state index contributed by atoms with van der Waals surface area (Å²) < 4.78 is 2.45. The van der Waals surface area contributed by atoms with Crippen molar-refractivity contribution < 1.29 is 0 Å². The van der Waals surface area contributed by atoms with Gasteiger partial charge in [0.1, 0.15) is 0 Å². The van der Waals surface area contributed by atoms with Crippen molar-refractivity contribution in [2.45, 2.75) is 0 Å². The third-order valence-corrected chi connectivity index (χ3v) is 10.3. The number of hydrogen-bond acceptors (Lipinski definition) is 1. The standard InChI is InChI=1S/C50H34N2/c1-3-13-35(14-4-1)37-23-27-42(28-24-37)51(43-29-25-38(26-30-43)36-15-5-2-6-16-36)50-34-44(31-41-19-9-10-20-45(41)50)52-48-22-12-11-21-46(48)47-32-39-17-7-8-18-40(39)33-49(47)52/h1-34H. The first kappa shape index (κ1) is 30.0. The Bertz CT molecular complexity index is 2790. The number of aromatic nitrogens is 1. The number of para-hydroxylation sites is 1. The van der Waals surface area contributed by atoms with Gasteiger partial charge < -0.3 is 9.47 Å². The summed E-state index contributed by atoms with van der Waals surface area (Å²) in [5, 5.41) is 7.38. The maximum atomic E-state index is 2.45. The molecule has 244 valence electrons. The third-order valence-electron chi connectivity index (χ3n) is 10.3. The van der Waals surface area contributed by atoms with Gasteiger partial charge in [-0.05, 0) is 93.0 Å². The summed E-state index contributed by atoms with van der Waals surface area (Å²) >= 11 is 0. The normalized spacial score (nSPS) is 11.5. The predicted octanol–water partition coefficient (Wildman–Crippen LogP) is 13.9. The first-order valence-corrected chi connectivity index (χ1v) is 17.8. The quantitative estimate of drug-likeness (QED) is 0.172. The Morgan fingerprint density at radius 1 is 0.308 bits per heavy atom. The molecule has 0 aliphatic carbocycles. The van der Waals surface area contributed by atoms with E-state index in [0.29, 0.717) is 0 Å². The highest BCUT2D eigenvalue weighted by Crippen LogP contribution is 2.43. The first-order chi connectivity index (χ1) is 25.8. The van der Waals surface area contributed by atoms with Crippen molar-refractivity contribution in [2.75, 3.05) is 4.90 Å². The highest BCUT2D eigenvalue weighted by atomic mass is 15.1. The number of hydrogen-bond donors (Lipinski definition) is 0.